The van der Waals surface area contributed by atoms with Gasteiger partial charge >= 0.3 is 12.0 Å². The first kappa shape index (κ1) is 18.5. The van der Waals surface area contributed by atoms with Crippen LogP contribution in [0.5, 0.6) is 0 Å². The number of urea groups is 1. The second-order valence-electron chi connectivity index (χ2n) is 5.86. The number of carbonyl (C=O) groups excluding carboxylic acids is 1. The van der Waals surface area contributed by atoms with Crippen molar-refractivity contribution in [3.05, 3.63) is 12.7 Å². The molecule has 1 unspecified atom stereocenters. The molecule has 0 aromatic heterocycles. The summed E-state index contributed by atoms with van der Waals surface area (Å²) in [6, 6.07) is -1.36. The Morgan fingerprint density at radius 2 is 2.00 bits per heavy atom. The van der Waals surface area contributed by atoms with Crippen LogP contribution in [0.25, 0.3) is 0 Å². The summed E-state index contributed by atoms with van der Waals surface area (Å²) in [6.45, 7) is 10.4. The normalized spacial score (nSPS) is 12.6. The van der Waals surface area contributed by atoms with Crippen molar-refractivity contribution in [3.8, 4) is 0 Å². The SMILES string of the molecule is C=CCC(NC(=O)NCC(C)(C)CCCCC)C(=O)O. The summed E-state index contributed by atoms with van der Waals surface area (Å²) < 4.78 is 0. The maximum atomic E-state index is 11.7. The van der Waals surface area contributed by atoms with Crippen LogP contribution >= 0.6 is 0 Å². The van der Waals surface area contributed by atoms with Crippen molar-refractivity contribution in [1.82, 2.24) is 10.6 Å². The summed E-state index contributed by atoms with van der Waals surface area (Å²) in [6.07, 6.45) is 6.23. The molecule has 1 atom stereocenters. The molecule has 0 fully saturated rings. The molecule has 5 nitrogen and oxygen atoms in total. The van der Waals surface area contributed by atoms with Gasteiger partial charge in [0.15, 0.2) is 0 Å². The fourth-order valence-corrected chi connectivity index (χ4v) is 1.86. The monoisotopic (exact) mass is 284 g/mol. The summed E-state index contributed by atoms with van der Waals surface area (Å²) in [5, 5.41) is 14.1. The fraction of sp³-hybridized carbons (Fsp3) is 0.733. The van der Waals surface area contributed by atoms with E-state index in [0.29, 0.717) is 6.54 Å². The Morgan fingerprint density at radius 3 is 2.50 bits per heavy atom. The molecule has 3 N–H and O–H groups in total. The molecule has 5 heteroatoms. The third-order valence-corrected chi connectivity index (χ3v) is 3.19. The molecular formula is C15H28N2O3. The number of carbonyl (C=O) groups is 2. The predicted octanol–water partition coefficient (Wildman–Crippen LogP) is 2.92. The molecule has 0 bridgehead atoms. The van der Waals surface area contributed by atoms with Gasteiger partial charge in [0, 0.05) is 6.54 Å². The minimum atomic E-state index is -1.05. The molecule has 0 radical (unpaired) electrons. The summed E-state index contributed by atoms with van der Waals surface area (Å²) in [5.74, 6) is -1.05. The zero-order valence-corrected chi connectivity index (χ0v) is 12.9. The summed E-state index contributed by atoms with van der Waals surface area (Å²) in [7, 11) is 0. The van der Waals surface area contributed by atoms with E-state index >= 15 is 0 Å². The molecule has 0 saturated carbocycles. The number of nitrogens with one attached hydrogen (secondary N) is 2. The lowest BCUT2D eigenvalue weighted by Crippen LogP contribution is -2.47. The number of aliphatic carboxylic acids is 1. The highest BCUT2D eigenvalue weighted by Gasteiger charge is 2.21. The minimum Gasteiger partial charge on any atom is -0.480 e. The molecule has 116 valence electrons. The molecule has 0 aliphatic heterocycles. The van der Waals surface area contributed by atoms with Gasteiger partial charge in [0.25, 0.3) is 0 Å². The number of hydrogen-bond donors (Lipinski definition) is 3. The van der Waals surface area contributed by atoms with Crippen molar-refractivity contribution in [2.24, 2.45) is 5.41 Å². The van der Waals surface area contributed by atoms with E-state index in [0.717, 1.165) is 12.8 Å². The van der Waals surface area contributed by atoms with Crippen LogP contribution in [0.1, 0.15) is 52.9 Å². The third-order valence-electron chi connectivity index (χ3n) is 3.19. The Bertz CT molecular complexity index is 327. The standard InChI is InChI=1S/C15H28N2O3/c1-5-7-8-10-15(3,4)11-16-14(20)17-12(9-6-2)13(18)19/h6,12H,2,5,7-11H2,1,3-4H3,(H,18,19)(H2,16,17,20). The van der Waals surface area contributed by atoms with Crippen LogP contribution in [0.15, 0.2) is 12.7 Å². The highest BCUT2D eigenvalue weighted by Crippen LogP contribution is 2.22. The molecule has 0 aromatic carbocycles. The average Bonchev–Trinajstić information content (AvgIpc) is 2.36. The van der Waals surface area contributed by atoms with Gasteiger partial charge in [-0.05, 0) is 18.3 Å². The zero-order valence-electron chi connectivity index (χ0n) is 12.9. The molecule has 0 rings (SSSR count). The predicted molar refractivity (Wildman–Crippen MR) is 80.7 cm³/mol. The van der Waals surface area contributed by atoms with Crippen LogP contribution in [0, 0.1) is 5.41 Å². The van der Waals surface area contributed by atoms with Gasteiger partial charge in [-0.15, -0.1) is 6.58 Å². The van der Waals surface area contributed by atoms with Gasteiger partial charge in [0.1, 0.15) is 6.04 Å². The topological polar surface area (TPSA) is 78.4 Å². The Labute approximate surface area is 121 Å². The Kier molecular flexibility index (Phi) is 8.68. The van der Waals surface area contributed by atoms with Crippen LogP contribution in [0.3, 0.4) is 0 Å². The van der Waals surface area contributed by atoms with Crippen LogP contribution < -0.4 is 10.6 Å². The minimum absolute atomic E-state index is 0.0175. The molecule has 2 amide bonds. The van der Waals surface area contributed by atoms with E-state index in [-0.39, 0.29) is 11.8 Å². The average molecular weight is 284 g/mol. The van der Waals surface area contributed by atoms with Gasteiger partial charge in [0.2, 0.25) is 0 Å². The molecule has 0 spiro atoms. The van der Waals surface area contributed by atoms with Crippen molar-refractivity contribution >= 4 is 12.0 Å². The maximum absolute atomic E-state index is 11.7. The van der Waals surface area contributed by atoms with Crippen molar-refractivity contribution in [3.63, 3.8) is 0 Å². The lowest BCUT2D eigenvalue weighted by molar-refractivity contribution is -0.139. The smallest absolute Gasteiger partial charge is 0.326 e. The van der Waals surface area contributed by atoms with E-state index in [1.807, 2.05) is 0 Å². The Hall–Kier alpha value is -1.52. The summed E-state index contributed by atoms with van der Waals surface area (Å²) in [4.78, 5) is 22.6. The molecule has 0 aliphatic carbocycles. The summed E-state index contributed by atoms with van der Waals surface area (Å²) >= 11 is 0. The first-order valence-electron chi connectivity index (χ1n) is 7.20. The van der Waals surface area contributed by atoms with Crippen LogP contribution in [-0.4, -0.2) is 29.7 Å². The van der Waals surface area contributed by atoms with Crippen molar-refractivity contribution in [2.75, 3.05) is 6.54 Å². The largest absolute Gasteiger partial charge is 0.480 e. The van der Waals surface area contributed by atoms with Crippen molar-refractivity contribution in [1.29, 1.82) is 0 Å². The van der Waals surface area contributed by atoms with Crippen molar-refractivity contribution < 1.29 is 14.7 Å². The number of rotatable bonds is 10. The van der Waals surface area contributed by atoms with E-state index in [9.17, 15) is 9.59 Å². The van der Waals surface area contributed by atoms with Gasteiger partial charge in [0.05, 0.1) is 0 Å². The second kappa shape index (κ2) is 9.39. The van der Waals surface area contributed by atoms with Gasteiger partial charge in [-0.25, -0.2) is 9.59 Å². The quantitative estimate of drug-likeness (QED) is 0.426. The molecule has 0 aliphatic rings. The summed E-state index contributed by atoms with van der Waals surface area (Å²) in [5.41, 5.74) is 0.0175. The number of hydrogen-bond acceptors (Lipinski definition) is 2. The second-order valence-corrected chi connectivity index (χ2v) is 5.86. The number of carboxylic acid groups (broad SMARTS) is 1. The van der Waals surface area contributed by atoms with E-state index < -0.39 is 18.0 Å². The molecular weight excluding hydrogens is 256 g/mol. The van der Waals surface area contributed by atoms with Gasteiger partial charge in [-0.1, -0.05) is 46.1 Å². The number of amides is 2. The van der Waals surface area contributed by atoms with Crippen LogP contribution in [0.4, 0.5) is 4.79 Å². The zero-order chi connectivity index (χ0) is 15.6. The first-order valence-corrected chi connectivity index (χ1v) is 7.20. The van der Waals surface area contributed by atoms with Crippen LogP contribution in [-0.2, 0) is 4.79 Å². The first-order chi connectivity index (χ1) is 9.32. The number of carboxylic acids is 1. The highest BCUT2D eigenvalue weighted by atomic mass is 16.4. The molecule has 0 saturated heterocycles. The molecule has 0 heterocycles. The third kappa shape index (κ3) is 8.56. The van der Waals surface area contributed by atoms with Crippen LogP contribution in [0.2, 0.25) is 0 Å². The Morgan fingerprint density at radius 1 is 1.35 bits per heavy atom. The number of unbranched alkanes of at least 4 members (excludes halogenated alkanes) is 2. The van der Waals surface area contributed by atoms with Crippen molar-refractivity contribution in [2.45, 2.75) is 58.9 Å². The van der Waals surface area contributed by atoms with Gasteiger partial charge in [-0.2, -0.15) is 0 Å². The van der Waals surface area contributed by atoms with E-state index in [4.69, 9.17) is 5.11 Å². The van der Waals surface area contributed by atoms with Gasteiger partial charge < -0.3 is 15.7 Å². The lowest BCUT2D eigenvalue weighted by Gasteiger charge is -2.25. The molecule has 20 heavy (non-hydrogen) atoms. The van der Waals surface area contributed by atoms with Gasteiger partial charge in [-0.3, -0.25) is 0 Å². The Balaban J connectivity index is 4.13. The molecule has 0 aromatic rings. The van der Waals surface area contributed by atoms with E-state index in [1.54, 1.807) is 0 Å². The fourth-order valence-electron chi connectivity index (χ4n) is 1.86. The maximum Gasteiger partial charge on any atom is 0.326 e. The van der Waals surface area contributed by atoms with E-state index in [1.165, 1.54) is 18.9 Å². The lowest BCUT2D eigenvalue weighted by atomic mass is 9.87. The van der Waals surface area contributed by atoms with E-state index in [2.05, 4.69) is 38.0 Å². The highest BCUT2D eigenvalue weighted by molar-refractivity contribution is 5.82.